The Balaban J connectivity index is 1.76. The summed E-state index contributed by atoms with van der Waals surface area (Å²) in [5.41, 5.74) is -0.444. The molecule has 0 unspecified atom stereocenters. The Kier molecular flexibility index (Phi) is 4.34. The van der Waals surface area contributed by atoms with E-state index in [1.807, 2.05) is 0 Å². The lowest BCUT2D eigenvalue weighted by Gasteiger charge is -2.11. The molecule has 0 aliphatic carbocycles. The van der Waals surface area contributed by atoms with E-state index in [4.69, 9.17) is 4.74 Å². The number of nitrogens with zero attached hydrogens (tertiary/aromatic N) is 3. The summed E-state index contributed by atoms with van der Waals surface area (Å²) >= 11 is 0. The largest absolute Gasteiger partial charge is 0.494 e. The second kappa shape index (κ2) is 6.00. The Morgan fingerprint density at radius 2 is 2.00 bits per heavy atom. The lowest BCUT2D eigenvalue weighted by atomic mass is 10.1. The number of aromatic nitrogens is 3. The first kappa shape index (κ1) is 14.5. The van der Waals surface area contributed by atoms with Crippen LogP contribution < -0.4 is 4.74 Å². The van der Waals surface area contributed by atoms with Crippen LogP contribution in [-0.2, 0) is 12.1 Å². The number of hydrogen-bond donors (Lipinski definition) is 1. The number of halogens is 1. The number of benzene rings is 1. The fraction of sp³-hybridized carbons (Fsp3) is 0.429. The lowest BCUT2D eigenvalue weighted by molar-refractivity contribution is 0.0737. The quantitative estimate of drug-likeness (QED) is 0.823. The third-order valence-corrected chi connectivity index (χ3v) is 2.78. The number of rotatable bonds is 6. The van der Waals surface area contributed by atoms with Crippen molar-refractivity contribution in [3.05, 3.63) is 42.0 Å². The van der Waals surface area contributed by atoms with Gasteiger partial charge in [-0.2, -0.15) is 0 Å². The first-order valence-corrected chi connectivity index (χ1v) is 6.46. The van der Waals surface area contributed by atoms with Gasteiger partial charge in [-0.15, -0.1) is 5.10 Å². The van der Waals surface area contributed by atoms with Crippen LogP contribution >= 0.6 is 0 Å². The third-order valence-electron chi connectivity index (χ3n) is 2.78. The fourth-order valence-corrected chi connectivity index (χ4v) is 1.64. The fourth-order valence-electron chi connectivity index (χ4n) is 1.64. The van der Waals surface area contributed by atoms with Crippen molar-refractivity contribution in [1.29, 1.82) is 0 Å². The minimum Gasteiger partial charge on any atom is -0.494 e. The summed E-state index contributed by atoms with van der Waals surface area (Å²) in [5, 5.41) is 17.6. The predicted molar refractivity (Wildman–Crippen MR) is 71.8 cm³/mol. The molecule has 0 radical (unpaired) electrons. The van der Waals surface area contributed by atoms with Crippen LogP contribution in [0.3, 0.4) is 0 Å². The maximum atomic E-state index is 12.7. The van der Waals surface area contributed by atoms with Gasteiger partial charge in [0.25, 0.3) is 0 Å². The van der Waals surface area contributed by atoms with Gasteiger partial charge in [-0.3, -0.25) is 4.68 Å². The van der Waals surface area contributed by atoms with E-state index in [0.29, 0.717) is 24.6 Å². The molecule has 2 rings (SSSR count). The molecule has 0 amide bonds. The zero-order valence-electron chi connectivity index (χ0n) is 11.6. The van der Waals surface area contributed by atoms with Crippen LogP contribution in [0.1, 0.15) is 26.0 Å². The molecule has 0 aliphatic rings. The van der Waals surface area contributed by atoms with Crippen LogP contribution in [0.4, 0.5) is 4.39 Å². The molecule has 1 aromatic carbocycles. The molecule has 2 aromatic rings. The molecule has 6 heteroatoms. The van der Waals surface area contributed by atoms with Crippen LogP contribution in [0.25, 0.3) is 0 Å². The Bertz CT molecular complexity index is 546. The molecule has 0 atom stereocenters. The van der Waals surface area contributed by atoms with Gasteiger partial charge >= 0.3 is 0 Å². The summed E-state index contributed by atoms with van der Waals surface area (Å²) in [5.74, 6) is 0.362. The van der Waals surface area contributed by atoms with E-state index in [-0.39, 0.29) is 5.82 Å². The molecule has 108 valence electrons. The second-order valence-corrected chi connectivity index (χ2v) is 5.08. The molecule has 20 heavy (non-hydrogen) atoms. The van der Waals surface area contributed by atoms with Gasteiger partial charge in [0.1, 0.15) is 22.9 Å². The maximum absolute atomic E-state index is 12.7. The smallest absolute Gasteiger partial charge is 0.123 e. The molecule has 0 spiro atoms. The summed E-state index contributed by atoms with van der Waals surface area (Å²) in [6.45, 7) is 4.48. The van der Waals surface area contributed by atoms with E-state index < -0.39 is 5.60 Å². The molecule has 5 nitrogen and oxygen atoms in total. The van der Waals surface area contributed by atoms with Crippen molar-refractivity contribution < 1.29 is 14.2 Å². The highest BCUT2D eigenvalue weighted by Crippen LogP contribution is 2.16. The van der Waals surface area contributed by atoms with Gasteiger partial charge in [0, 0.05) is 13.0 Å². The molecule has 0 saturated heterocycles. The Hall–Kier alpha value is -1.95. The van der Waals surface area contributed by atoms with Gasteiger partial charge in [-0.25, -0.2) is 4.39 Å². The number of ether oxygens (including phenoxy) is 1. The molecular formula is C14H18FN3O2. The predicted octanol–water partition coefficient (Wildman–Crippen LogP) is 2.11. The normalized spacial score (nSPS) is 11.6. The number of aliphatic hydroxyl groups is 1. The van der Waals surface area contributed by atoms with Crippen LogP contribution in [-0.4, -0.2) is 26.7 Å². The summed E-state index contributed by atoms with van der Waals surface area (Å²) in [6.07, 6.45) is 2.46. The highest BCUT2D eigenvalue weighted by Gasteiger charge is 2.19. The summed E-state index contributed by atoms with van der Waals surface area (Å²) in [4.78, 5) is 0. The SMILES string of the molecule is CC(C)(O)c1cn(CCCOc2ccc(F)cc2)nn1. The van der Waals surface area contributed by atoms with Crippen LogP contribution in [0, 0.1) is 5.82 Å². The monoisotopic (exact) mass is 279 g/mol. The minimum atomic E-state index is -0.983. The minimum absolute atomic E-state index is 0.279. The van der Waals surface area contributed by atoms with Crippen molar-refractivity contribution in [2.24, 2.45) is 0 Å². The molecule has 0 saturated carbocycles. The van der Waals surface area contributed by atoms with E-state index in [2.05, 4.69) is 10.3 Å². The number of hydrogen-bond acceptors (Lipinski definition) is 4. The van der Waals surface area contributed by atoms with Crippen molar-refractivity contribution in [3.63, 3.8) is 0 Å². The first-order chi connectivity index (χ1) is 9.45. The standard InChI is InChI=1S/C14H18FN3O2/c1-14(2,19)13-10-18(17-16-13)8-3-9-20-12-6-4-11(15)5-7-12/h4-7,10,19H,3,8-9H2,1-2H3. The number of aryl methyl sites for hydroxylation is 1. The summed E-state index contributed by atoms with van der Waals surface area (Å²) in [6, 6.07) is 5.92. The van der Waals surface area contributed by atoms with Gasteiger partial charge in [-0.05, 0) is 38.1 Å². The zero-order chi connectivity index (χ0) is 14.6. The van der Waals surface area contributed by atoms with E-state index in [0.717, 1.165) is 6.42 Å². The summed E-state index contributed by atoms with van der Waals surface area (Å²) < 4.78 is 19.8. The Morgan fingerprint density at radius 1 is 1.30 bits per heavy atom. The average molecular weight is 279 g/mol. The first-order valence-electron chi connectivity index (χ1n) is 6.46. The van der Waals surface area contributed by atoms with Gasteiger partial charge in [0.15, 0.2) is 0 Å². The van der Waals surface area contributed by atoms with Crippen molar-refractivity contribution in [3.8, 4) is 5.75 Å². The van der Waals surface area contributed by atoms with Crippen molar-refractivity contribution in [2.45, 2.75) is 32.4 Å². The van der Waals surface area contributed by atoms with Gasteiger partial charge in [-0.1, -0.05) is 5.21 Å². The van der Waals surface area contributed by atoms with E-state index in [1.54, 1.807) is 36.9 Å². The van der Waals surface area contributed by atoms with Crippen molar-refractivity contribution in [1.82, 2.24) is 15.0 Å². The Labute approximate surface area is 117 Å². The third kappa shape index (κ3) is 4.03. The van der Waals surface area contributed by atoms with Crippen LogP contribution in [0.15, 0.2) is 30.5 Å². The van der Waals surface area contributed by atoms with Gasteiger partial charge in [0.2, 0.25) is 0 Å². The molecule has 0 aliphatic heterocycles. The highest BCUT2D eigenvalue weighted by atomic mass is 19.1. The van der Waals surface area contributed by atoms with Crippen molar-refractivity contribution in [2.75, 3.05) is 6.61 Å². The summed E-state index contributed by atoms with van der Waals surface area (Å²) in [7, 11) is 0. The van der Waals surface area contributed by atoms with Gasteiger partial charge in [0.05, 0.1) is 12.8 Å². The van der Waals surface area contributed by atoms with E-state index in [1.165, 1.54) is 12.1 Å². The van der Waals surface area contributed by atoms with E-state index in [9.17, 15) is 9.50 Å². The molecule has 1 N–H and O–H groups in total. The molecular weight excluding hydrogens is 261 g/mol. The van der Waals surface area contributed by atoms with E-state index >= 15 is 0 Å². The van der Waals surface area contributed by atoms with Crippen LogP contribution in [0.5, 0.6) is 5.75 Å². The van der Waals surface area contributed by atoms with Gasteiger partial charge < -0.3 is 9.84 Å². The average Bonchev–Trinajstić information content (AvgIpc) is 2.85. The topological polar surface area (TPSA) is 60.2 Å². The van der Waals surface area contributed by atoms with Crippen LogP contribution in [0.2, 0.25) is 0 Å². The highest BCUT2D eigenvalue weighted by molar-refractivity contribution is 5.21. The van der Waals surface area contributed by atoms with Crippen molar-refractivity contribution >= 4 is 0 Å². The molecule has 1 aromatic heterocycles. The molecule has 0 bridgehead atoms. The molecule has 0 fully saturated rings. The maximum Gasteiger partial charge on any atom is 0.123 e. The zero-order valence-corrected chi connectivity index (χ0v) is 11.6. The molecule has 1 heterocycles. The second-order valence-electron chi connectivity index (χ2n) is 5.08. The lowest BCUT2D eigenvalue weighted by Crippen LogP contribution is -2.15. The Morgan fingerprint density at radius 3 is 2.60 bits per heavy atom.